The van der Waals surface area contributed by atoms with Crippen LogP contribution < -0.4 is 4.74 Å². The number of halogens is 1. The minimum absolute atomic E-state index is 0.0415. The number of benzene rings is 4. The van der Waals surface area contributed by atoms with Gasteiger partial charge in [-0.1, -0.05) is 101 Å². The van der Waals surface area contributed by atoms with Crippen LogP contribution in [-0.4, -0.2) is 70.4 Å². The number of ether oxygens (including phenoxy) is 1. The molecule has 12 heteroatoms. The lowest BCUT2D eigenvalue weighted by Crippen LogP contribution is -2.38. The van der Waals surface area contributed by atoms with E-state index < -0.39 is 0 Å². The molecular formula is C35H35BrN10O. The van der Waals surface area contributed by atoms with Gasteiger partial charge in [-0.25, -0.2) is 9.36 Å². The standard InChI is InChI=1S/C18H19N5O.C17H16BrN5/c1-24-16-9-7-15(8-10-16)17-18-19-20-21-23(18)12-11-22(17)13-14-5-3-2-4-6-14;18-15-8-4-5-13(11-15)12-22-9-10-23-17(19-20-21-23)16(22)14-6-2-1-3-7-14/h2-10,17H,11-13H2,1H3;1-8,11,16H,9-10,12H2. The van der Waals surface area contributed by atoms with Crippen LogP contribution in [0.2, 0.25) is 0 Å². The molecular weight excluding hydrogens is 656 g/mol. The SMILES string of the molecule is Brc1cccc(CN2CCn3nnnc3C2c2ccccc2)c1.COc1ccc(C2c3nnnn3CCN2Cc2ccccc2)cc1. The van der Waals surface area contributed by atoms with Gasteiger partial charge in [0.15, 0.2) is 11.6 Å². The van der Waals surface area contributed by atoms with Crippen LogP contribution in [0.4, 0.5) is 0 Å². The largest absolute Gasteiger partial charge is 0.497 e. The molecule has 0 spiro atoms. The molecule has 2 atom stereocenters. The van der Waals surface area contributed by atoms with Gasteiger partial charge in [-0.05, 0) is 67.4 Å². The summed E-state index contributed by atoms with van der Waals surface area (Å²) < 4.78 is 10.2. The van der Waals surface area contributed by atoms with E-state index in [1.54, 1.807) is 7.11 Å². The first-order valence-electron chi connectivity index (χ1n) is 15.6. The number of rotatable bonds is 7. The van der Waals surface area contributed by atoms with Crippen LogP contribution in [0.3, 0.4) is 0 Å². The van der Waals surface area contributed by atoms with Crippen LogP contribution in [-0.2, 0) is 26.2 Å². The van der Waals surface area contributed by atoms with E-state index in [9.17, 15) is 0 Å². The number of tetrazole rings is 2. The quantitative estimate of drug-likeness (QED) is 0.220. The van der Waals surface area contributed by atoms with Gasteiger partial charge in [0.05, 0.1) is 32.3 Å². The van der Waals surface area contributed by atoms with Crippen molar-refractivity contribution in [3.05, 3.63) is 148 Å². The zero-order chi connectivity index (χ0) is 32.0. The lowest BCUT2D eigenvalue weighted by molar-refractivity contribution is 0.164. The number of hydrogen-bond donors (Lipinski definition) is 0. The van der Waals surface area contributed by atoms with Crippen molar-refractivity contribution in [2.45, 2.75) is 38.3 Å². The first kappa shape index (κ1) is 30.9. The predicted octanol–water partition coefficient (Wildman–Crippen LogP) is 5.33. The summed E-state index contributed by atoms with van der Waals surface area (Å²) in [5, 5.41) is 24.5. The summed E-state index contributed by atoms with van der Waals surface area (Å²) in [6, 6.07) is 37.7. The molecule has 0 saturated carbocycles. The molecule has 6 aromatic rings. The maximum atomic E-state index is 5.27. The van der Waals surface area contributed by atoms with Crippen molar-refractivity contribution < 1.29 is 4.74 Å². The second-order valence-corrected chi connectivity index (χ2v) is 12.5. The molecule has 2 aliphatic rings. The van der Waals surface area contributed by atoms with Gasteiger partial charge in [-0.15, -0.1) is 10.2 Å². The molecule has 0 N–H and O–H groups in total. The minimum Gasteiger partial charge on any atom is -0.497 e. The van der Waals surface area contributed by atoms with Crippen molar-refractivity contribution in [3.8, 4) is 5.75 Å². The molecule has 0 fully saturated rings. The summed E-state index contributed by atoms with van der Waals surface area (Å²) in [5.41, 5.74) is 4.96. The zero-order valence-electron chi connectivity index (χ0n) is 26.0. The van der Waals surface area contributed by atoms with Gasteiger partial charge in [0.25, 0.3) is 0 Å². The number of fused-ring (bicyclic) bond motifs is 2. The number of aromatic nitrogens is 8. The smallest absolute Gasteiger partial charge is 0.173 e. The Morgan fingerprint density at radius 3 is 1.72 bits per heavy atom. The van der Waals surface area contributed by atoms with Crippen molar-refractivity contribution in [2.75, 3.05) is 20.2 Å². The maximum Gasteiger partial charge on any atom is 0.173 e. The summed E-state index contributed by atoms with van der Waals surface area (Å²) >= 11 is 3.55. The molecule has 11 nitrogen and oxygen atoms in total. The van der Waals surface area contributed by atoms with Gasteiger partial charge in [0, 0.05) is 30.7 Å². The first-order chi connectivity index (χ1) is 23.2. The minimum atomic E-state index is 0.0415. The number of hydrogen-bond acceptors (Lipinski definition) is 9. The monoisotopic (exact) mass is 690 g/mol. The molecule has 0 bridgehead atoms. The molecule has 0 radical (unpaired) electrons. The van der Waals surface area contributed by atoms with E-state index in [2.05, 4.69) is 142 Å². The Hall–Kier alpha value is -4.78. The van der Waals surface area contributed by atoms with E-state index in [1.165, 1.54) is 22.3 Å². The molecule has 0 saturated heterocycles. The Kier molecular flexibility index (Phi) is 9.40. The van der Waals surface area contributed by atoms with E-state index in [1.807, 2.05) is 33.6 Å². The highest BCUT2D eigenvalue weighted by atomic mass is 79.9. The van der Waals surface area contributed by atoms with Gasteiger partial charge in [0.1, 0.15) is 5.75 Å². The molecule has 2 aromatic heterocycles. The molecule has 2 unspecified atom stereocenters. The van der Waals surface area contributed by atoms with Crippen LogP contribution in [0.5, 0.6) is 5.75 Å². The van der Waals surface area contributed by atoms with Gasteiger partial charge in [-0.2, -0.15) is 0 Å². The normalized spacial score (nSPS) is 17.7. The second kappa shape index (κ2) is 14.3. The second-order valence-electron chi connectivity index (χ2n) is 11.6. The Labute approximate surface area is 281 Å². The molecule has 0 amide bonds. The summed E-state index contributed by atoms with van der Waals surface area (Å²) in [4.78, 5) is 4.85. The van der Waals surface area contributed by atoms with Crippen molar-refractivity contribution in [3.63, 3.8) is 0 Å². The van der Waals surface area contributed by atoms with Crippen molar-refractivity contribution in [1.82, 2.24) is 50.2 Å². The van der Waals surface area contributed by atoms with E-state index in [0.29, 0.717) is 0 Å². The van der Waals surface area contributed by atoms with Crippen LogP contribution >= 0.6 is 15.9 Å². The number of methoxy groups -OCH3 is 1. The predicted molar refractivity (Wildman–Crippen MR) is 180 cm³/mol. The highest BCUT2D eigenvalue weighted by molar-refractivity contribution is 9.10. The summed E-state index contributed by atoms with van der Waals surface area (Å²) in [6.45, 7) is 5.19. The Bertz CT molecular complexity index is 1880. The molecule has 4 aromatic carbocycles. The fourth-order valence-electron chi connectivity index (χ4n) is 6.33. The van der Waals surface area contributed by atoms with E-state index in [-0.39, 0.29) is 12.1 Å². The zero-order valence-corrected chi connectivity index (χ0v) is 27.6. The lowest BCUT2D eigenvalue weighted by atomic mass is 10.0. The number of nitrogens with zero attached hydrogens (tertiary/aromatic N) is 10. The van der Waals surface area contributed by atoms with E-state index >= 15 is 0 Å². The molecule has 8 rings (SSSR count). The summed E-state index contributed by atoms with van der Waals surface area (Å²) in [6.07, 6.45) is 0. The summed E-state index contributed by atoms with van der Waals surface area (Å²) in [5.74, 6) is 2.66. The third-order valence-corrected chi connectivity index (χ3v) is 9.08. The molecule has 2 aliphatic heterocycles. The van der Waals surface area contributed by atoms with Gasteiger partial charge in [0.2, 0.25) is 0 Å². The highest BCUT2D eigenvalue weighted by Crippen LogP contribution is 2.33. The fourth-order valence-corrected chi connectivity index (χ4v) is 6.78. The molecule has 47 heavy (non-hydrogen) atoms. The third kappa shape index (κ3) is 6.99. The third-order valence-electron chi connectivity index (χ3n) is 8.59. The summed E-state index contributed by atoms with van der Waals surface area (Å²) in [7, 11) is 1.68. The average molecular weight is 692 g/mol. The van der Waals surface area contributed by atoms with Crippen LogP contribution in [0.25, 0.3) is 0 Å². The van der Waals surface area contributed by atoms with Crippen LogP contribution in [0.1, 0.15) is 46.0 Å². The Morgan fingerprint density at radius 2 is 1.15 bits per heavy atom. The topological polar surface area (TPSA) is 103 Å². The lowest BCUT2D eigenvalue weighted by Gasteiger charge is -2.35. The van der Waals surface area contributed by atoms with Gasteiger partial charge < -0.3 is 4.74 Å². The Balaban J connectivity index is 0.000000150. The molecule has 238 valence electrons. The van der Waals surface area contributed by atoms with Crippen LogP contribution in [0.15, 0.2) is 114 Å². The van der Waals surface area contributed by atoms with E-state index in [0.717, 1.165) is 61.1 Å². The Morgan fingerprint density at radius 1 is 0.617 bits per heavy atom. The molecule has 4 heterocycles. The maximum absolute atomic E-state index is 5.27. The average Bonchev–Trinajstić information content (AvgIpc) is 3.80. The van der Waals surface area contributed by atoms with Crippen molar-refractivity contribution in [2.24, 2.45) is 0 Å². The fraction of sp³-hybridized carbons (Fsp3) is 0.257. The first-order valence-corrected chi connectivity index (χ1v) is 16.4. The van der Waals surface area contributed by atoms with Crippen molar-refractivity contribution >= 4 is 15.9 Å². The highest BCUT2D eigenvalue weighted by Gasteiger charge is 2.33. The van der Waals surface area contributed by atoms with Crippen LogP contribution in [0, 0.1) is 0 Å². The van der Waals surface area contributed by atoms with Crippen molar-refractivity contribution in [1.29, 1.82) is 0 Å². The van der Waals surface area contributed by atoms with Gasteiger partial charge in [-0.3, -0.25) is 9.80 Å². The van der Waals surface area contributed by atoms with Gasteiger partial charge >= 0.3 is 0 Å². The molecule has 0 aliphatic carbocycles. The van der Waals surface area contributed by atoms with E-state index in [4.69, 9.17) is 4.74 Å².